The van der Waals surface area contributed by atoms with Crippen molar-refractivity contribution >= 4 is 0 Å². The molecule has 1 atom stereocenters. The van der Waals surface area contributed by atoms with Gasteiger partial charge in [-0.3, -0.25) is 4.90 Å². The number of hydrogen-bond donors (Lipinski definition) is 0. The van der Waals surface area contributed by atoms with E-state index in [9.17, 15) is 13.2 Å². The Balaban J connectivity index is 2.44. The van der Waals surface area contributed by atoms with Gasteiger partial charge in [0.05, 0.1) is 19.3 Å². The zero-order valence-corrected chi connectivity index (χ0v) is 7.55. The number of ether oxygens (including phenoxy) is 1. The second-order valence-electron chi connectivity index (χ2n) is 3.14. The molecule has 1 fully saturated rings. The van der Waals surface area contributed by atoms with Gasteiger partial charge in [0.25, 0.3) is 0 Å². The van der Waals surface area contributed by atoms with Crippen molar-refractivity contribution in [1.82, 2.24) is 4.90 Å². The molecule has 1 aliphatic heterocycles. The molecule has 1 unspecified atom stereocenters. The van der Waals surface area contributed by atoms with E-state index >= 15 is 0 Å². The van der Waals surface area contributed by atoms with E-state index in [4.69, 9.17) is 10.00 Å². The van der Waals surface area contributed by atoms with Crippen LogP contribution in [-0.4, -0.2) is 43.9 Å². The van der Waals surface area contributed by atoms with Gasteiger partial charge in [0.2, 0.25) is 0 Å². The lowest BCUT2D eigenvalue weighted by Gasteiger charge is -2.28. The molecule has 0 bridgehead atoms. The monoisotopic (exact) mass is 208 g/mol. The molecule has 1 saturated heterocycles. The van der Waals surface area contributed by atoms with Crippen LogP contribution in [0.5, 0.6) is 0 Å². The van der Waals surface area contributed by atoms with Crippen molar-refractivity contribution < 1.29 is 17.9 Å². The molecule has 80 valence electrons. The van der Waals surface area contributed by atoms with Gasteiger partial charge in [-0.2, -0.15) is 18.4 Å². The van der Waals surface area contributed by atoms with Crippen molar-refractivity contribution in [2.75, 3.05) is 32.8 Å². The van der Waals surface area contributed by atoms with Crippen LogP contribution in [0.15, 0.2) is 0 Å². The van der Waals surface area contributed by atoms with Crippen LogP contribution < -0.4 is 0 Å². The standard InChI is InChI=1S/C8H11F3N2O/c9-8(10,11)7(5-12)6-13-1-3-14-4-2-13/h7H,1-4,6H2. The summed E-state index contributed by atoms with van der Waals surface area (Å²) in [5, 5.41) is 8.36. The summed E-state index contributed by atoms with van der Waals surface area (Å²) < 4.78 is 41.6. The van der Waals surface area contributed by atoms with Crippen molar-refractivity contribution in [2.45, 2.75) is 6.18 Å². The van der Waals surface area contributed by atoms with E-state index in [2.05, 4.69) is 0 Å². The summed E-state index contributed by atoms with van der Waals surface area (Å²) in [6, 6.07) is 1.28. The van der Waals surface area contributed by atoms with Gasteiger partial charge < -0.3 is 4.74 Å². The van der Waals surface area contributed by atoms with Gasteiger partial charge in [-0.25, -0.2) is 0 Å². The lowest BCUT2D eigenvalue weighted by Crippen LogP contribution is -2.42. The number of alkyl halides is 3. The van der Waals surface area contributed by atoms with Crippen molar-refractivity contribution in [3.63, 3.8) is 0 Å². The predicted molar refractivity (Wildman–Crippen MR) is 42.4 cm³/mol. The molecule has 0 aromatic heterocycles. The van der Waals surface area contributed by atoms with Crippen LogP contribution >= 0.6 is 0 Å². The Kier molecular flexibility index (Phi) is 3.72. The molecule has 1 aliphatic rings. The second kappa shape index (κ2) is 4.62. The maximum atomic E-state index is 12.2. The molecule has 0 aromatic rings. The first kappa shape index (κ1) is 11.3. The van der Waals surface area contributed by atoms with Gasteiger partial charge in [-0.05, 0) is 0 Å². The van der Waals surface area contributed by atoms with Gasteiger partial charge in [0, 0.05) is 19.6 Å². The average Bonchev–Trinajstić information content (AvgIpc) is 2.14. The fourth-order valence-corrected chi connectivity index (χ4v) is 1.26. The van der Waals surface area contributed by atoms with Crippen LogP contribution in [-0.2, 0) is 4.74 Å². The summed E-state index contributed by atoms with van der Waals surface area (Å²) in [6.07, 6.45) is -4.42. The van der Waals surface area contributed by atoms with Gasteiger partial charge in [0.15, 0.2) is 5.92 Å². The molecule has 1 rings (SSSR count). The number of morpholine rings is 1. The largest absolute Gasteiger partial charge is 0.405 e. The van der Waals surface area contributed by atoms with Crippen LogP contribution in [0, 0.1) is 17.2 Å². The van der Waals surface area contributed by atoms with E-state index in [1.54, 1.807) is 4.90 Å². The van der Waals surface area contributed by atoms with E-state index < -0.39 is 12.1 Å². The molecule has 0 radical (unpaired) electrons. The second-order valence-corrected chi connectivity index (χ2v) is 3.14. The minimum atomic E-state index is -4.42. The molecule has 0 saturated carbocycles. The summed E-state index contributed by atoms with van der Waals surface area (Å²) in [6.45, 7) is 1.57. The molecule has 0 amide bonds. The molecule has 1 heterocycles. The molecule has 3 nitrogen and oxygen atoms in total. The molecular formula is C8H11F3N2O. The minimum Gasteiger partial charge on any atom is -0.379 e. The van der Waals surface area contributed by atoms with E-state index in [1.165, 1.54) is 6.07 Å². The first-order chi connectivity index (χ1) is 6.54. The molecular weight excluding hydrogens is 197 g/mol. The van der Waals surface area contributed by atoms with E-state index in [0.29, 0.717) is 26.3 Å². The van der Waals surface area contributed by atoms with Gasteiger partial charge >= 0.3 is 6.18 Å². The summed E-state index contributed by atoms with van der Waals surface area (Å²) in [4.78, 5) is 1.60. The molecule has 14 heavy (non-hydrogen) atoms. The number of nitriles is 1. The summed E-state index contributed by atoms with van der Waals surface area (Å²) in [5.41, 5.74) is 0. The third kappa shape index (κ3) is 3.16. The van der Waals surface area contributed by atoms with Crippen molar-refractivity contribution in [3.05, 3.63) is 0 Å². The fourth-order valence-electron chi connectivity index (χ4n) is 1.26. The fraction of sp³-hybridized carbons (Fsp3) is 0.875. The third-order valence-electron chi connectivity index (χ3n) is 2.10. The highest BCUT2D eigenvalue weighted by molar-refractivity contribution is 4.90. The predicted octanol–water partition coefficient (Wildman–Crippen LogP) is 1.02. The first-order valence-electron chi connectivity index (χ1n) is 4.30. The molecule has 6 heteroatoms. The maximum Gasteiger partial charge on any atom is 0.405 e. The minimum absolute atomic E-state index is 0.247. The molecule has 0 N–H and O–H groups in total. The maximum absolute atomic E-state index is 12.2. The first-order valence-corrected chi connectivity index (χ1v) is 4.30. The van der Waals surface area contributed by atoms with Gasteiger partial charge in [0.1, 0.15) is 0 Å². The topological polar surface area (TPSA) is 36.3 Å². The van der Waals surface area contributed by atoms with Gasteiger partial charge in [-0.1, -0.05) is 0 Å². The van der Waals surface area contributed by atoms with E-state index in [-0.39, 0.29) is 6.54 Å². The zero-order valence-electron chi connectivity index (χ0n) is 7.55. The number of hydrogen-bond acceptors (Lipinski definition) is 3. The Bertz CT molecular complexity index is 218. The lowest BCUT2D eigenvalue weighted by molar-refractivity contribution is -0.165. The Morgan fingerprint density at radius 2 is 1.93 bits per heavy atom. The van der Waals surface area contributed by atoms with Crippen LogP contribution in [0.1, 0.15) is 0 Å². The Labute approximate surface area is 80.1 Å². The normalized spacial score (nSPS) is 21.6. The average molecular weight is 208 g/mol. The number of halogens is 3. The van der Waals surface area contributed by atoms with Crippen LogP contribution in [0.4, 0.5) is 13.2 Å². The van der Waals surface area contributed by atoms with Crippen molar-refractivity contribution in [3.8, 4) is 6.07 Å². The highest BCUT2D eigenvalue weighted by Crippen LogP contribution is 2.26. The zero-order chi connectivity index (χ0) is 10.6. The Morgan fingerprint density at radius 3 is 2.36 bits per heavy atom. The highest BCUT2D eigenvalue weighted by atomic mass is 19.4. The van der Waals surface area contributed by atoms with E-state index in [0.717, 1.165) is 0 Å². The quantitative estimate of drug-likeness (QED) is 0.679. The Hall–Kier alpha value is -0.800. The van der Waals surface area contributed by atoms with Crippen molar-refractivity contribution in [2.24, 2.45) is 5.92 Å². The number of rotatable bonds is 2. The number of nitrogens with zero attached hydrogens (tertiary/aromatic N) is 2. The van der Waals surface area contributed by atoms with Crippen molar-refractivity contribution in [1.29, 1.82) is 5.26 Å². The highest BCUT2D eigenvalue weighted by Gasteiger charge is 2.40. The smallest absolute Gasteiger partial charge is 0.379 e. The molecule has 0 aliphatic carbocycles. The summed E-state index contributed by atoms with van der Waals surface area (Å²) in [5.74, 6) is -1.89. The van der Waals surface area contributed by atoms with Crippen LogP contribution in [0.3, 0.4) is 0 Å². The van der Waals surface area contributed by atoms with Crippen LogP contribution in [0.2, 0.25) is 0 Å². The van der Waals surface area contributed by atoms with Crippen LogP contribution in [0.25, 0.3) is 0 Å². The SMILES string of the molecule is N#CC(CN1CCOCC1)C(F)(F)F. The summed E-state index contributed by atoms with van der Waals surface area (Å²) >= 11 is 0. The molecule has 0 spiro atoms. The Morgan fingerprint density at radius 1 is 1.36 bits per heavy atom. The lowest BCUT2D eigenvalue weighted by atomic mass is 10.1. The van der Waals surface area contributed by atoms with Gasteiger partial charge in [-0.15, -0.1) is 0 Å². The van der Waals surface area contributed by atoms with E-state index in [1.807, 2.05) is 0 Å². The molecule has 0 aromatic carbocycles. The summed E-state index contributed by atoms with van der Waals surface area (Å²) in [7, 11) is 0. The third-order valence-corrected chi connectivity index (χ3v) is 2.10.